The van der Waals surface area contributed by atoms with Crippen LogP contribution in [0.1, 0.15) is 33.1 Å². The number of benzene rings is 4. The van der Waals surface area contributed by atoms with Gasteiger partial charge in [0.05, 0.1) is 30.8 Å². The maximum atomic E-state index is 12.3. The Morgan fingerprint density at radius 2 is 1.53 bits per heavy atom. The van der Waals surface area contributed by atoms with Crippen molar-refractivity contribution in [3.05, 3.63) is 149 Å². The molecule has 1 heterocycles. The number of ether oxygens (including phenoxy) is 1. The van der Waals surface area contributed by atoms with E-state index in [1.807, 2.05) is 48.5 Å². The number of carbonyl (C=O) groups is 1. The van der Waals surface area contributed by atoms with Crippen LogP contribution in [-0.4, -0.2) is 19.2 Å². The van der Waals surface area contributed by atoms with E-state index in [1.165, 1.54) is 5.56 Å². The molecule has 0 radical (unpaired) electrons. The minimum atomic E-state index is -0.283. The first-order valence-corrected chi connectivity index (χ1v) is 12.3. The molecule has 1 aliphatic rings. The monoisotopic (exact) mass is 500 g/mol. The van der Waals surface area contributed by atoms with Gasteiger partial charge in [-0.25, -0.2) is 5.43 Å². The zero-order valence-electron chi connectivity index (χ0n) is 21.0. The standard InChI is InChI=1S/C32H28N4O2/c1-38-30-20-15-27(16-21-30)32(37)34-33-23-25-13-18-29(19-14-25)36-31(26-10-6-3-7-11-26)22-28(35-36)17-12-24-8-4-2-5-9-24/h2-23,31,35H,1H3,(H,34,37). The van der Waals surface area contributed by atoms with Gasteiger partial charge in [-0.15, -0.1) is 0 Å². The Morgan fingerprint density at radius 3 is 2.21 bits per heavy atom. The van der Waals surface area contributed by atoms with E-state index in [4.69, 9.17) is 4.74 Å². The fourth-order valence-electron chi connectivity index (χ4n) is 4.15. The van der Waals surface area contributed by atoms with Crippen LogP contribution in [0.3, 0.4) is 0 Å². The van der Waals surface area contributed by atoms with Gasteiger partial charge >= 0.3 is 0 Å². The summed E-state index contributed by atoms with van der Waals surface area (Å²) in [7, 11) is 1.59. The maximum absolute atomic E-state index is 12.3. The fraction of sp³-hybridized carbons (Fsp3) is 0.0625. The molecule has 1 unspecified atom stereocenters. The van der Waals surface area contributed by atoms with Crippen LogP contribution in [0.25, 0.3) is 6.08 Å². The van der Waals surface area contributed by atoms with Crippen molar-refractivity contribution in [2.75, 3.05) is 12.1 Å². The molecule has 0 spiro atoms. The Labute approximate surface area is 222 Å². The first kappa shape index (κ1) is 24.6. The zero-order valence-corrected chi connectivity index (χ0v) is 21.0. The Balaban J connectivity index is 1.27. The third kappa shape index (κ3) is 5.99. The highest BCUT2D eigenvalue weighted by atomic mass is 16.5. The van der Waals surface area contributed by atoms with Crippen LogP contribution in [0.4, 0.5) is 5.69 Å². The minimum absolute atomic E-state index is 0.0370. The van der Waals surface area contributed by atoms with Crippen LogP contribution in [0, 0.1) is 0 Å². The molecule has 0 saturated carbocycles. The molecule has 4 aromatic carbocycles. The van der Waals surface area contributed by atoms with Crippen molar-refractivity contribution in [1.29, 1.82) is 0 Å². The van der Waals surface area contributed by atoms with Gasteiger partial charge in [0.1, 0.15) is 5.75 Å². The van der Waals surface area contributed by atoms with Gasteiger partial charge in [-0.3, -0.25) is 15.2 Å². The summed E-state index contributed by atoms with van der Waals surface area (Å²) in [6.07, 6.45) is 8.05. The van der Waals surface area contributed by atoms with Crippen molar-refractivity contribution < 1.29 is 9.53 Å². The number of nitrogens with one attached hydrogen (secondary N) is 2. The van der Waals surface area contributed by atoms with E-state index in [9.17, 15) is 4.79 Å². The second-order valence-corrected chi connectivity index (χ2v) is 8.72. The third-order valence-electron chi connectivity index (χ3n) is 6.16. The minimum Gasteiger partial charge on any atom is -0.497 e. The lowest BCUT2D eigenvalue weighted by Gasteiger charge is -2.27. The molecule has 0 saturated heterocycles. The Kier molecular flexibility index (Phi) is 7.61. The summed E-state index contributed by atoms with van der Waals surface area (Å²) >= 11 is 0. The number of anilines is 1. The summed E-state index contributed by atoms with van der Waals surface area (Å²) in [5.41, 5.74) is 11.9. The van der Waals surface area contributed by atoms with E-state index in [1.54, 1.807) is 37.6 Å². The van der Waals surface area contributed by atoms with Crippen LogP contribution in [0.15, 0.2) is 132 Å². The second kappa shape index (κ2) is 11.8. The van der Waals surface area contributed by atoms with Gasteiger partial charge in [0, 0.05) is 5.56 Å². The molecule has 0 aliphatic carbocycles. The molecule has 0 fully saturated rings. The highest BCUT2D eigenvalue weighted by Gasteiger charge is 2.25. The third-order valence-corrected chi connectivity index (χ3v) is 6.16. The Morgan fingerprint density at radius 1 is 0.842 bits per heavy atom. The number of allylic oxidation sites excluding steroid dienone is 1. The lowest BCUT2D eigenvalue weighted by molar-refractivity contribution is 0.0955. The number of hydrazine groups is 1. The quantitative estimate of drug-likeness (QED) is 0.226. The Bertz CT molecular complexity index is 1450. The average molecular weight is 501 g/mol. The summed E-state index contributed by atoms with van der Waals surface area (Å²) in [5, 5.41) is 6.26. The molecule has 1 amide bonds. The molecule has 2 N–H and O–H groups in total. The van der Waals surface area contributed by atoms with E-state index in [0.717, 1.165) is 22.5 Å². The van der Waals surface area contributed by atoms with E-state index < -0.39 is 0 Å². The van der Waals surface area contributed by atoms with E-state index in [2.05, 4.69) is 75.6 Å². The number of rotatable bonds is 8. The topological polar surface area (TPSA) is 66.0 Å². The molecule has 1 atom stereocenters. The lowest BCUT2D eigenvalue weighted by Crippen LogP contribution is -2.34. The number of methoxy groups -OCH3 is 1. The largest absolute Gasteiger partial charge is 0.497 e. The SMILES string of the molecule is COc1ccc(C(=O)NN=Cc2ccc(N3NC(C=Cc4ccccc4)=CC3c3ccccc3)cc2)cc1. The van der Waals surface area contributed by atoms with E-state index >= 15 is 0 Å². The van der Waals surface area contributed by atoms with Crippen molar-refractivity contribution in [3.8, 4) is 5.75 Å². The molecule has 1 aliphatic heterocycles. The van der Waals surface area contributed by atoms with Crippen LogP contribution < -0.4 is 20.6 Å². The first-order chi connectivity index (χ1) is 18.7. The number of nitrogens with zero attached hydrogens (tertiary/aromatic N) is 2. The molecule has 0 bridgehead atoms. The lowest BCUT2D eigenvalue weighted by atomic mass is 10.1. The predicted molar refractivity (Wildman–Crippen MR) is 153 cm³/mol. The molecule has 6 nitrogen and oxygen atoms in total. The van der Waals surface area contributed by atoms with Crippen LogP contribution in [0.2, 0.25) is 0 Å². The molecule has 38 heavy (non-hydrogen) atoms. The van der Waals surface area contributed by atoms with Crippen molar-refractivity contribution in [2.45, 2.75) is 6.04 Å². The molecule has 6 heteroatoms. The zero-order chi connectivity index (χ0) is 26.2. The molecule has 4 aromatic rings. The van der Waals surface area contributed by atoms with Crippen LogP contribution in [-0.2, 0) is 0 Å². The van der Waals surface area contributed by atoms with Gasteiger partial charge in [-0.05, 0) is 65.2 Å². The molecular formula is C32H28N4O2. The first-order valence-electron chi connectivity index (χ1n) is 12.3. The predicted octanol–water partition coefficient (Wildman–Crippen LogP) is 6.12. The van der Waals surface area contributed by atoms with E-state index in [-0.39, 0.29) is 11.9 Å². The van der Waals surface area contributed by atoms with Crippen LogP contribution >= 0.6 is 0 Å². The van der Waals surface area contributed by atoms with Crippen molar-refractivity contribution >= 4 is 23.9 Å². The van der Waals surface area contributed by atoms with Crippen molar-refractivity contribution in [3.63, 3.8) is 0 Å². The normalized spacial score (nSPS) is 14.9. The summed E-state index contributed by atoms with van der Waals surface area (Å²) < 4.78 is 5.13. The van der Waals surface area contributed by atoms with Gasteiger partial charge < -0.3 is 4.74 Å². The number of hydrogen-bond donors (Lipinski definition) is 2. The van der Waals surface area contributed by atoms with Crippen molar-refractivity contribution in [1.82, 2.24) is 10.9 Å². The van der Waals surface area contributed by atoms with Gasteiger partial charge in [-0.1, -0.05) is 78.9 Å². The van der Waals surface area contributed by atoms with Gasteiger partial charge in [-0.2, -0.15) is 5.10 Å². The Hall–Kier alpha value is -5.10. The summed E-state index contributed by atoms with van der Waals surface area (Å²) in [6, 6.07) is 35.6. The molecule has 188 valence electrons. The molecule has 5 rings (SSSR count). The smallest absolute Gasteiger partial charge is 0.271 e. The molecular weight excluding hydrogens is 472 g/mol. The number of amides is 1. The van der Waals surface area contributed by atoms with Crippen molar-refractivity contribution in [2.24, 2.45) is 5.10 Å². The number of hydrazone groups is 1. The van der Waals surface area contributed by atoms with E-state index in [0.29, 0.717) is 11.3 Å². The summed E-state index contributed by atoms with van der Waals surface area (Å²) in [4.78, 5) is 12.3. The highest BCUT2D eigenvalue weighted by Crippen LogP contribution is 2.32. The fourth-order valence-corrected chi connectivity index (χ4v) is 4.15. The van der Waals surface area contributed by atoms with Gasteiger partial charge in [0.15, 0.2) is 0 Å². The summed E-state index contributed by atoms with van der Waals surface area (Å²) in [5.74, 6) is 0.413. The number of carbonyl (C=O) groups excluding carboxylic acids is 1. The van der Waals surface area contributed by atoms with Gasteiger partial charge in [0.2, 0.25) is 0 Å². The highest BCUT2D eigenvalue weighted by molar-refractivity contribution is 5.95. The van der Waals surface area contributed by atoms with Crippen LogP contribution in [0.5, 0.6) is 5.75 Å². The second-order valence-electron chi connectivity index (χ2n) is 8.72. The summed E-state index contributed by atoms with van der Waals surface area (Å²) in [6.45, 7) is 0. The average Bonchev–Trinajstić information content (AvgIpc) is 3.42. The molecule has 0 aromatic heterocycles. The maximum Gasteiger partial charge on any atom is 0.271 e. The number of hydrogen-bond acceptors (Lipinski definition) is 5. The van der Waals surface area contributed by atoms with Gasteiger partial charge in [0.25, 0.3) is 5.91 Å².